The predicted octanol–water partition coefficient (Wildman–Crippen LogP) is 4.41. The van der Waals surface area contributed by atoms with E-state index < -0.39 is 24.0 Å². The zero-order valence-corrected chi connectivity index (χ0v) is 17.4. The number of amides is 2. The van der Waals surface area contributed by atoms with Gasteiger partial charge in [0.2, 0.25) is 5.91 Å². The Hall–Kier alpha value is -3.35. The maximum absolute atomic E-state index is 13.5. The first-order valence-electron chi connectivity index (χ1n) is 9.89. The Bertz CT molecular complexity index is 1170. The quantitative estimate of drug-likeness (QED) is 0.618. The van der Waals surface area contributed by atoms with E-state index in [4.69, 9.17) is 16.4 Å². The number of rotatable bonds is 3. The number of phenolic OH excluding ortho intramolecular Hbond substituents is 1. The Morgan fingerprint density at radius 3 is 2.29 bits per heavy atom. The standard InChI is InChI=1S/C24H19ClN2O4/c1-14-7-10-17(13-19(14)25)26-23(29)20-21(15-8-11-18(28)12-9-15)27(31-22(20)24(26)30)16-5-3-2-4-6-16/h2-13,20-22,28H,1H3/t20-,21+,22-/m1/s1. The van der Waals surface area contributed by atoms with Gasteiger partial charge in [-0.1, -0.05) is 48.0 Å². The van der Waals surface area contributed by atoms with Crippen molar-refractivity contribution in [3.8, 4) is 5.75 Å². The second-order valence-electron chi connectivity index (χ2n) is 7.69. The summed E-state index contributed by atoms with van der Waals surface area (Å²) >= 11 is 6.24. The van der Waals surface area contributed by atoms with Crippen LogP contribution in [0.4, 0.5) is 11.4 Å². The van der Waals surface area contributed by atoms with Gasteiger partial charge in [-0.25, -0.2) is 9.96 Å². The lowest BCUT2D eigenvalue weighted by Crippen LogP contribution is -2.37. The minimum absolute atomic E-state index is 0.121. The molecule has 156 valence electrons. The van der Waals surface area contributed by atoms with Crippen LogP contribution < -0.4 is 9.96 Å². The maximum Gasteiger partial charge on any atom is 0.266 e. The van der Waals surface area contributed by atoms with E-state index in [1.807, 2.05) is 37.3 Å². The second kappa shape index (κ2) is 7.41. The van der Waals surface area contributed by atoms with E-state index in [0.717, 1.165) is 21.7 Å². The number of hydrogen-bond donors (Lipinski definition) is 1. The van der Waals surface area contributed by atoms with Crippen molar-refractivity contribution in [2.45, 2.75) is 19.1 Å². The van der Waals surface area contributed by atoms with Gasteiger partial charge in [0.25, 0.3) is 5.91 Å². The van der Waals surface area contributed by atoms with Crippen LogP contribution in [-0.2, 0) is 14.4 Å². The van der Waals surface area contributed by atoms with Crippen molar-refractivity contribution in [3.63, 3.8) is 0 Å². The summed E-state index contributed by atoms with van der Waals surface area (Å²) in [5, 5.41) is 11.8. The van der Waals surface area contributed by atoms with E-state index in [-0.39, 0.29) is 11.7 Å². The van der Waals surface area contributed by atoms with Crippen molar-refractivity contribution in [1.29, 1.82) is 0 Å². The maximum atomic E-state index is 13.5. The van der Waals surface area contributed by atoms with Gasteiger partial charge >= 0.3 is 0 Å². The van der Waals surface area contributed by atoms with E-state index in [2.05, 4.69) is 0 Å². The second-order valence-corrected chi connectivity index (χ2v) is 8.10. The summed E-state index contributed by atoms with van der Waals surface area (Å²) in [4.78, 5) is 34.0. The number of carbonyl (C=O) groups excluding carboxylic acids is 2. The Labute approximate surface area is 184 Å². The Kier molecular flexibility index (Phi) is 4.68. The molecule has 31 heavy (non-hydrogen) atoms. The smallest absolute Gasteiger partial charge is 0.266 e. The largest absolute Gasteiger partial charge is 0.508 e. The van der Waals surface area contributed by atoms with Gasteiger partial charge in [-0.15, -0.1) is 0 Å². The first-order chi connectivity index (χ1) is 15.0. The molecule has 0 aliphatic carbocycles. The Morgan fingerprint density at radius 1 is 0.903 bits per heavy atom. The minimum atomic E-state index is -0.952. The SMILES string of the molecule is Cc1ccc(N2C(=O)[C@H]3[C@@H](ON(c4ccccc4)[C@H]3c3ccc(O)cc3)C2=O)cc1Cl. The monoisotopic (exact) mass is 434 g/mol. The number of fused-ring (bicyclic) bond motifs is 1. The fraction of sp³-hybridized carbons (Fsp3) is 0.167. The number of anilines is 2. The topological polar surface area (TPSA) is 70.1 Å². The lowest BCUT2D eigenvalue weighted by atomic mass is 9.90. The molecule has 2 fully saturated rings. The highest BCUT2D eigenvalue weighted by Gasteiger charge is 2.60. The molecule has 3 aromatic carbocycles. The highest BCUT2D eigenvalue weighted by atomic mass is 35.5. The molecule has 1 N–H and O–H groups in total. The van der Waals surface area contributed by atoms with Crippen LogP contribution in [0.3, 0.4) is 0 Å². The van der Waals surface area contributed by atoms with E-state index >= 15 is 0 Å². The number of imide groups is 1. The third-order valence-corrected chi connectivity index (χ3v) is 6.18. The van der Waals surface area contributed by atoms with Crippen molar-refractivity contribution in [2.24, 2.45) is 5.92 Å². The summed E-state index contributed by atoms with van der Waals surface area (Å²) in [6.45, 7) is 1.86. The molecule has 2 aliphatic heterocycles. The third-order valence-electron chi connectivity index (χ3n) is 5.77. The third kappa shape index (κ3) is 3.15. The van der Waals surface area contributed by atoms with Crippen LogP contribution in [0.15, 0.2) is 72.8 Å². The van der Waals surface area contributed by atoms with E-state index in [1.54, 1.807) is 47.5 Å². The summed E-state index contributed by atoms with van der Waals surface area (Å²) in [5.74, 6) is -1.38. The molecule has 0 bridgehead atoms. The van der Waals surface area contributed by atoms with E-state index in [1.165, 1.54) is 0 Å². The molecule has 7 heteroatoms. The fourth-order valence-corrected chi connectivity index (χ4v) is 4.37. The van der Waals surface area contributed by atoms with Crippen LogP contribution in [-0.4, -0.2) is 23.0 Å². The highest BCUT2D eigenvalue weighted by Crippen LogP contribution is 2.47. The summed E-state index contributed by atoms with van der Waals surface area (Å²) in [6.07, 6.45) is -0.952. The number of carbonyl (C=O) groups is 2. The first-order valence-corrected chi connectivity index (χ1v) is 10.3. The van der Waals surface area contributed by atoms with Gasteiger partial charge < -0.3 is 5.11 Å². The summed E-state index contributed by atoms with van der Waals surface area (Å²) in [5.41, 5.74) is 2.79. The zero-order valence-electron chi connectivity index (χ0n) is 16.6. The normalized spacial score (nSPS) is 22.8. The Balaban J connectivity index is 1.58. The molecule has 2 amide bonds. The molecule has 2 heterocycles. The average molecular weight is 435 g/mol. The van der Waals surface area contributed by atoms with E-state index in [9.17, 15) is 14.7 Å². The molecule has 0 radical (unpaired) electrons. The first kappa shape index (κ1) is 19.6. The number of aryl methyl sites for hydroxylation is 1. The van der Waals surface area contributed by atoms with Gasteiger partial charge in [-0.2, -0.15) is 0 Å². The zero-order chi connectivity index (χ0) is 21.7. The number of hydroxylamine groups is 1. The lowest BCUT2D eigenvalue weighted by molar-refractivity contribution is -0.126. The minimum Gasteiger partial charge on any atom is -0.508 e. The van der Waals surface area contributed by atoms with Crippen molar-refractivity contribution in [3.05, 3.63) is 88.9 Å². The molecule has 3 aromatic rings. The van der Waals surface area contributed by atoms with Crippen molar-refractivity contribution in [1.82, 2.24) is 0 Å². The molecular formula is C24H19ClN2O4. The number of hydrogen-bond acceptors (Lipinski definition) is 5. The van der Waals surface area contributed by atoms with Gasteiger partial charge in [0.05, 0.1) is 17.4 Å². The molecule has 0 spiro atoms. The molecule has 0 saturated carbocycles. The molecule has 0 aromatic heterocycles. The van der Waals surface area contributed by atoms with Gasteiger partial charge in [0.15, 0.2) is 6.10 Å². The van der Waals surface area contributed by atoms with Gasteiger partial charge in [-0.05, 0) is 54.4 Å². The fourth-order valence-electron chi connectivity index (χ4n) is 4.20. The molecule has 0 unspecified atom stereocenters. The highest BCUT2D eigenvalue weighted by molar-refractivity contribution is 6.32. The number of phenols is 1. The molecule has 6 nitrogen and oxygen atoms in total. The number of para-hydroxylation sites is 1. The van der Waals surface area contributed by atoms with E-state index in [0.29, 0.717) is 10.7 Å². The van der Waals surface area contributed by atoms with Crippen molar-refractivity contribution >= 4 is 34.8 Å². The van der Waals surface area contributed by atoms with Crippen molar-refractivity contribution < 1.29 is 19.5 Å². The summed E-state index contributed by atoms with van der Waals surface area (Å²) < 4.78 is 0. The van der Waals surface area contributed by atoms with Crippen LogP contribution >= 0.6 is 11.6 Å². The van der Waals surface area contributed by atoms with Crippen LogP contribution in [0, 0.1) is 12.8 Å². The summed E-state index contributed by atoms with van der Waals surface area (Å²) in [6, 6.07) is 20.5. The van der Waals surface area contributed by atoms with Crippen LogP contribution in [0.25, 0.3) is 0 Å². The van der Waals surface area contributed by atoms with Gasteiger partial charge in [0.1, 0.15) is 11.7 Å². The number of halogens is 1. The average Bonchev–Trinajstić information content (AvgIpc) is 3.28. The molecule has 5 rings (SSSR count). The molecule has 2 aliphatic rings. The lowest BCUT2D eigenvalue weighted by Gasteiger charge is -2.28. The number of aromatic hydroxyl groups is 1. The van der Waals surface area contributed by atoms with Crippen LogP contribution in [0.1, 0.15) is 17.2 Å². The van der Waals surface area contributed by atoms with Gasteiger partial charge in [-0.3, -0.25) is 14.4 Å². The van der Waals surface area contributed by atoms with Crippen LogP contribution in [0.2, 0.25) is 5.02 Å². The van der Waals surface area contributed by atoms with Crippen molar-refractivity contribution in [2.75, 3.05) is 9.96 Å². The van der Waals surface area contributed by atoms with Gasteiger partial charge in [0, 0.05) is 5.02 Å². The number of benzene rings is 3. The Morgan fingerprint density at radius 2 is 1.61 bits per heavy atom. The molecule has 2 saturated heterocycles. The molecular weight excluding hydrogens is 416 g/mol. The summed E-state index contributed by atoms with van der Waals surface area (Å²) in [7, 11) is 0. The molecule has 3 atom stereocenters. The van der Waals surface area contributed by atoms with Crippen LogP contribution in [0.5, 0.6) is 5.75 Å². The predicted molar refractivity (Wildman–Crippen MR) is 117 cm³/mol. The number of nitrogens with zero attached hydrogens (tertiary/aromatic N) is 2.